The number of halogens is 2. The minimum Gasteiger partial charge on any atom is -0.490 e. The summed E-state index contributed by atoms with van der Waals surface area (Å²) in [4.78, 5) is 12.3. The Morgan fingerprint density at radius 1 is 1.13 bits per heavy atom. The molecule has 0 bridgehead atoms. The van der Waals surface area contributed by atoms with Crippen LogP contribution in [-0.4, -0.2) is 18.7 Å². The summed E-state index contributed by atoms with van der Waals surface area (Å²) < 4.78 is 12.8. The number of hydrogen-bond acceptors (Lipinski definition) is 4. The molecule has 160 valence electrons. The van der Waals surface area contributed by atoms with Gasteiger partial charge >= 0.3 is 0 Å². The molecule has 31 heavy (non-hydrogen) atoms. The van der Waals surface area contributed by atoms with Crippen molar-refractivity contribution in [3.63, 3.8) is 0 Å². The SMILES string of the molecule is CCOc1cc(/C=N/NC(=O)c2ccccc2C)cc(Cl)c1OCc1ccc(I)cc1. The normalized spacial score (nSPS) is 10.8. The van der Waals surface area contributed by atoms with Crippen molar-refractivity contribution in [2.24, 2.45) is 5.10 Å². The van der Waals surface area contributed by atoms with Crippen LogP contribution < -0.4 is 14.9 Å². The first kappa shape index (κ1) is 23.1. The van der Waals surface area contributed by atoms with Gasteiger partial charge in [-0.05, 0) is 83.5 Å². The van der Waals surface area contributed by atoms with Crippen LogP contribution in [0.1, 0.15) is 34.0 Å². The monoisotopic (exact) mass is 548 g/mol. The quantitative estimate of drug-likeness (QED) is 0.214. The van der Waals surface area contributed by atoms with Crippen molar-refractivity contribution in [2.45, 2.75) is 20.5 Å². The predicted molar refractivity (Wildman–Crippen MR) is 132 cm³/mol. The lowest BCUT2D eigenvalue weighted by Crippen LogP contribution is -2.18. The van der Waals surface area contributed by atoms with E-state index in [1.54, 1.807) is 18.2 Å². The van der Waals surface area contributed by atoms with Crippen molar-refractivity contribution in [2.75, 3.05) is 6.61 Å². The number of aryl methyl sites for hydroxylation is 1. The number of rotatable bonds is 8. The Hall–Kier alpha value is -2.58. The fourth-order valence-electron chi connectivity index (χ4n) is 2.85. The third-order valence-electron chi connectivity index (χ3n) is 4.40. The van der Waals surface area contributed by atoms with Crippen molar-refractivity contribution in [3.05, 3.63) is 91.5 Å². The largest absolute Gasteiger partial charge is 0.490 e. The van der Waals surface area contributed by atoms with E-state index in [2.05, 4.69) is 33.1 Å². The lowest BCUT2D eigenvalue weighted by molar-refractivity contribution is 0.0954. The van der Waals surface area contributed by atoms with Gasteiger partial charge in [0.15, 0.2) is 11.5 Å². The van der Waals surface area contributed by atoms with Gasteiger partial charge in [0.1, 0.15) is 6.61 Å². The Balaban J connectivity index is 1.73. The molecule has 0 spiro atoms. The Bertz CT molecular complexity index is 1080. The van der Waals surface area contributed by atoms with Gasteiger partial charge in [0.2, 0.25) is 0 Å². The van der Waals surface area contributed by atoms with Crippen molar-refractivity contribution in [1.29, 1.82) is 0 Å². The highest BCUT2D eigenvalue weighted by Crippen LogP contribution is 2.37. The summed E-state index contributed by atoms with van der Waals surface area (Å²) in [6, 6.07) is 18.9. The van der Waals surface area contributed by atoms with Gasteiger partial charge in [-0.1, -0.05) is 41.9 Å². The molecule has 0 aliphatic rings. The molecule has 1 N–H and O–H groups in total. The minimum atomic E-state index is -0.275. The second-order valence-corrected chi connectivity index (χ2v) is 8.35. The molecule has 0 aliphatic carbocycles. The van der Waals surface area contributed by atoms with E-state index in [0.717, 1.165) is 14.7 Å². The number of amides is 1. The van der Waals surface area contributed by atoms with Gasteiger partial charge < -0.3 is 9.47 Å². The Labute approximate surface area is 200 Å². The first-order chi connectivity index (χ1) is 15.0. The van der Waals surface area contributed by atoms with E-state index in [1.165, 1.54) is 6.21 Å². The molecule has 7 heteroatoms. The molecule has 3 rings (SSSR count). The standard InChI is InChI=1S/C24H22ClIN2O3/c1-3-30-22-13-18(14-27-28-24(29)20-7-5-4-6-16(20)2)12-21(25)23(22)31-15-17-8-10-19(26)11-9-17/h4-14H,3,15H2,1-2H3,(H,28,29)/b27-14+. The van der Waals surface area contributed by atoms with Crippen LogP contribution in [-0.2, 0) is 6.61 Å². The molecule has 3 aromatic rings. The third kappa shape index (κ3) is 6.45. The Morgan fingerprint density at radius 3 is 2.58 bits per heavy atom. The zero-order valence-corrected chi connectivity index (χ0v) is 20.1. The van der Waals surface area contributed by atoms with Gasteiger partial charge in [0.25, 0.3) is 5.91 Å². The highest BCUT2D eigenvalue weighted by atomic mass is 127. The number of hydrogen-bond donors (Lipinski definition) is 1. The smallest absolute Gasteiger partial charge is 0.271 e. The molecule has 5 nitrogen and oxygen atoms in total. The van der Waals surface area contributed by atoms with Gasteiger partial charge in [0, 0.05) is 9.13 Å². The summed E-state index contributed by atoms with van der Waals surface area (Å²) in [7, 11) is 0. The molecule has 3 aromatic carbocycles. The Morgan fingerprint density at radius 2 is 1.87 bits per heavy atom. The maximum atomic E-state index is 12.3. The number of nitrogens with one attached hydrogen (secondary N) is 1. The van der Waals surface area contributed by atoms with Crippen LogP contribution >= 0.6 is 34.2 Å². The highest BCUT2D eigenvalue weighted by molar-refractivity contribution is 14.1. The summed E-state index contributed by atoms with van der Waals surface area (Å²) in [6.07, 6.45) is 1.52. The first-order valence-corrected chi connectivity index (χ1v) is 11.2. The first-order valence-electron chi connectivity index (χ1n) is 9.70. The fraction of sp³-hybridized carbons (Fsp3) is 0.167. The minimum absolute atomic E-state index is 0.275. The summed E-state index contributed by atoms with van der Waals surface area (Å²) in [5.74, 6) is 0.721. The average molecular weight is 549 g/mol. The molecule has 1 amide bonds. The maximum absolute atomic E-state index is 12.3. The number of hydrazone groups is 1. The zero-order valence-electron chi connectivity index (χ0n) is 17.2. The van der Waals surface area contributed by atoms with Crippen LogP contribution in [0, 0.1) is 10.5 Å². The van der Waals surface area contributed by atoms with E-state index in [9.17, 15) is 4.79 Å². The number of nitrogens with zero attached hydrogens (tertiary/aromatic N) is 1. The molecule has 0 fully saturated rings. The molecule has 0 unspecified atom stereocenters. The molecule has 0 radical (unpaired) electrons. The van der Waals surface area contributed by atoms with Crippen LogP contribution in [0.4, 0.5) is 0 Å². The van der Waals surface area contributed by atoms with Crippen molar-refractivity contribution >= 4 is 46.3 Å². The van der Waals surface area contributed by atoms with E-state index in [1.807, 2.05) is 56.3 Å². The van der Waals surface area contributed by atoms with Crippen LogP contribution in [0.2, 0.25) is 5.02 Å². The van der Waals surface area contributed by atoms with Gasteiger partial charge in [-0.2, -0.15) is 5.10 Å². The van der Waals surface area contributed by atoms with E-state index in [-0.39, 0.29) is 5.91 Å². The fourth-order valence-corrected chi connectivity index (χ4v) is 3.49. The average Bonchev–Trinajstić information content (AvgIpc) is 2.75. The molecule has 0 saturated carbocycles. The van der Waals surface area contributed by atoms with Gasteiger partial charge in [-0.15, -0.1) is 0 Å². The van der Waals surface area contributed by atoms with Crippen molar-refractivity contribution < 1.29 is 14.3 Å². The summed E-state index contributed by atoms with van der Waals surface area (Å²) in [5.41, 5.74) is 5.71. The van der Waals surface area contributed by atoms with Gasteiger partial charge in [-0.3, -0.25) is 4.79 Å². The van der Waals surface area contributed by atoms with E-state index in [4.69, 9.17) is 21.1 Å². The number of carbonyl (C=O) groups is 1. The van der Waals surface area contributed by atoms with Crippen LogP contribution in [0.3, 0.4) is 0 Å². The zero-order chi connectivity index (χ0) is 22.2. The summed E-state index contributed by atoms with van der Waals surface area (Å²) >= 11 is 8.73. The van der Waals surface area contributed by atoms with Crippen LogP contribution in [0.15, 0.2) is 65.8 Å². The van der Waals surface area contributed by atoms with Crippen molar-refractivity contribution in [3.8, 4) is 11.5 Å². The van der Waals surface area contributed by atoms with Gasteiger partial charge in [-0.25, -0.2) is 5.43 Å². The summed E-state index contributed by atoms with van der Waals surface area (Å²) in [6.45, 7) is 4.60. The number of carbonyl (C=O) groups excluding carboxylic acids is 1. The summed E-state index contributed by atoms with van der Waals surface area (Å²) in [5, 5.41) is 4.46. The molecule has 0 aromatic heterocycles. The maximum Gasteiger partial charge on any atom is 0.271 e. The molecular weight excluding hydrogens is 527 g/mol. The van der Waals surface area contributed by atoms with Crippen LogP contribution in [0.5, 0.6) is 11.5 Å². The second-order valence-electron chi connectivity index (χ2n) is 6.69. The third-order valence-corrected chi connectivity index (χ3v) is 5.40. The van der Waals surface area contributed by atoms with E-state index in [0.29, 0.717) is 40.9 Å². The topological polar surface area (TPSA) is 59.9 Å². The van der Waals surface area contributed by atoms with Gasteiger partial charge in [0.05, 0.1) is 17.8 Å². The van der Waals surface area contributed by atoms with E-state index >= 15 is 0 Å². The molecule has 0 saturated heterocycles. The molecular formula is C24H22ClIN2O3. The highest BCUT2D eigenvalue weighted by Gasteiger charge is 2.13. The van der Waals surface area contributed by atoms with Crippen molar-refractivity contribution in [1.82, 2.24) is 5.43 Å². The lowest BCUT2D eigenvalue weighted by atomic mass is 10.1. The van der Waals surface area contributed by atoms with E-state index < -0.39 is 0 Å². The Kier molecular flexibility index (Phi) is 8.31. The second kappa shape index (κ2) is 11.2. The molecule has 0 atom stereocenters. The number of benzene rings is 3. The predicted octanol–water partition coefficient (Wildman–Crippen LogP) is 5.99. The molecule has 0 heterocycles. The lowest BCUT2D eigenvalue weighted by Gasteiger charge is -2.14. The number of ether oxygens (including phenoxy) is 2. The van der Waals surface area contributed by atoms with Crippen LogP contribution in [0.25, 0.3) is 0 Å². The molecule has 0 aliphatic heterocycles.